The second-order valence-electron chi connectivity index (χ2n) is 4.51. The summed E-state index contributed by atoms with van der Waals surface area (Å²) in [6.45, 7) is 1.88. The Morgan fingerprint density at radius 1 is 1.21 bits per heavy atom. The zero-order valence-corrected chi connectivity index (χ0v) is 11.2. The predicted molar refractivity (Wildman–Crippen MR) is 81.5 cm³/mol. The molecule has 1 heterocycles. The van der Waals surface area contributed by atoms with Gasteiger partial charge in [-0.3, -0.25) is 0 Å². The van der Waals surface area contributed by atoms with Gasteiger partial charge >= 0.3 is 0 Å². The van der Waals surface area contributed by atoms with Crippen LogP contribution in [0.4, 0.5) is 17.2 Å². The van der Waals surface area contributed by atoms with Gasteiger partial charge in [-0.2, -0.15) is 0 Å². The average molecular weight is 256 g/mol. The summed E-state index contributed by atoms with van der Waals surface area (Å²) >= 11 is 0. The molecule has 0 spiro atoms. The van der Waals surface area contributed by atoms with Gasteiger partial charge in [-0.25, -0.2) is 4.98 Å². The van der Waals surface area contributed by atoms with Crippen LogP contribution in [0, 0.1) is 0 Å². The molecule has 2 aromatic rings. The van der Waals surface area contributed by atoms with E-state index in [9.17, 15) is 0 Å². The summed E-state index contributed by atoms with van der Waals surface area (Å²) in [5.74, 6) is 0.836. The van der Waals surface area contributed by atoms with Crippen LogP contribution < -0.4 is 16.0 Å². The highest BCUT2D eigenvalue weighted by Gasteiger charge is 1.99. The first kappa shape index (κ1) is 13.2. The van der Waals surface area contributed by atoms with Crippen LogP contribution in [-0.4, -0.2) is 25.1 Å². The van der Waals surface area contributed by atoms with Crippen molar-refractivity contribution < 1.29 is 0 Å². The number of anilines is 3. The summed E-state index contributed by atoms with van der Waals surface area (Å²) in [7, 11) is 2.11. The lowest BCUT2D eigenvalue weighted by Crippen LogP contribution is -2.20. The minimum Gasteiger partial charge on any atom is -0.399 e. The maximum absolute atomic E-state index is 5.70. The summed E-state index contributed by atoms with van der Waals surface area (Å²) in [6.07, 6.45) is 2.76. The largest absolute Gasteiger partial charge is 0.399 e. The Labute approximate surface area is 114 Å². The van der Waals surface area contributed by atoms with E-state index in [1.807, 2.05) is 12.1 Å². The molecule has 0 aliphatic rings. The molecule has 4 nitrogen and oxygen atoms in total. The summed E-state index contributed by atoms with van der Waals surface area (Å²) in [5, 5.41) is 3.27. The lowest BCUT2D eigenvalue weighted by atomic mass is 10.3. The fourth-order valence-electron chi connectivity index (χ4n) is 1.89. The van der Waals surface area contributed by atoms with Crippen molar-refractivity contribution in [2.45, 2.75) is 6.42 Å². The number of nitrogens with one attached hydrogen (secondary N) is 1. The Balaban J connectivity index is 1.72. The molecule has 0 fully saturated rings. The van der Waals surface area contributed by atoms with Crippen LogP contribution in [0.25, 0.3) is 0 Å². The molecule has 100 valence electrons. The molecule has 3 N–H and O–H groups in total. The number of para-hydroxylation sites is 1. The molecular weight excluding hydrogens is 236 g/mol. The number of nitrogens with two attached hydrogens (primary N) is 1. The van der Waals surface area contributed by atoms with Crippen molar-refractivity contribution in [2.24, 2.45) is 0 Å². The monoisotopic (exact) mass is 256 g/mol. The molecule has 19 heavy (non-hydrogen) atoms. The molecule has 0 saturated heterocycles. The fraction of sp³-hybridized carbons (Fsp3) is 0.267. The average Bonchev–Trinajstić information content (AvgIpc) is 2.44. The third-order valence-corrected chi connectivity index (χ3v) is 2.96. The molecule has 1 aromatic heterocycles. The number of benzene rings is 1. The van der Waals surface area contributed by atoms with Gasteiger partial charge in [0.25, 0.3) is 0 Å². The molecule has 0 saturated carbocycles. The number of aromatic nitrogens is 1. The number of hydrogen-bond donors (Lipinski definition) is 2. The third kappa shape index (κ3) is 4.17. The topological polar surface area (TPSA) is 54.2 Å². The Morgan fingerprint density at radius 3 is 2.74 bits per heavy atom. The molecule has 0 atom stereocenters. The van der Waals surface area contributed by atoms with Crippen molar-refractivity contribution in [3.8, 4) is 0 Å². The van der Waals surface area contributed by atoms with E-state index in [4.69, 9.17) is 5.73 Å². The van der Waals surface area contributed by atoms with E-state index in [1.165, 1.54) is 5.69 Å². The normalized spacial score (nSPS) is 10.2. The summed E-state index contributed by atoms with van der Waals surface area (Å²) in [4.78, 5) is 6.45. The molecular formula is C15H20N4. The van der Waals surface area contributed by atoms with Gasteiger partial charge in [-0.1, -0.05) is 18.2 Å². The molecule has 0 bridgehead atoms. The van der Waals surface area contributed by atoms with Gasteiger partial charge in [0.1, 0.15) is 5.82 Å². The SMILES string of the molecule is CN(CCCNc1cc(N)ccn1)c1ccccc1. The lowest BCUT2D eigenvalue weighted by Gasteiger charge is -2.19. The summed E-state index contributed by atoms with van der Waals surface area (Å²) in [5.41, 5.74) is 7.67. The zero-order chi connectivity index (χ0) is 13.5. The third-order valence-electron chi connectivity index (χ3n) is 2.96. The van der Waals surface area contributed by atoms with Crippen molar-refractivity contribution in [1.29, 1.82) is 0 Å². The Bertz CT molecular complexity index is 499. The summed E-state index contributed by atoms with van der Waals surface area (Å²) < 4.78 is 0. The van der Waals surface area contributed by atoms with Crippen molar-refractivity contribution >= 4 is 17.2 Å². The molecule has 0 unspecified atom stereocenters. The van der Waals surface area contributed by atoms with Crippen molar-refractivity contribution in [3.63, 3.8) is 0 Å². The van der Waals surface area contributed by atoms with E-state index in [0.717, 1.165) is 31.0 Å². The summed E-state index contributed by atoms with van der Waals surface area (Å²) in [6, 6.07) is 14.0. The van der Waals surface area contributed by atoms with Gasteiger partial charge in [-0.05, 0) is 24.6 Å². The van der Waals surface area contributed by atoms with E-state index < -0.39 is 0 Å². The first-order chi connectivity index (χ1) is 9.25. The second kappa shape index (κ2) is 6.64. The van der Waals surface area contributed by atoms with E-state index >= 15 is 0 Å². The van der Waals surface area contributed by atoms with Gasteiger partial charge in [-0.15, -0.1) is 0 Å². The number of nitrogens with zero attached hydrogens (tertiary/aromatic N) is 2. The zero-order valence-electron chi connectivity index (χ0n) is 11.2. The Hall–Kier alpha value is -2.23. The van der Waals surface area contributed by atoms with Gasteiger partial charge in [0.2, 0.25) is 0 Å². The highest BCUT2D eigenvalue weighted by atomic mass is 15.1. The van der Waals surface area contributed by atoms with E-state index in [2.05, 4.69) is 46.5 Å². The van der Waals surface area contributed by atoms with Crippen molar-refractivity contribution in [1.82, 2.24) is 4.98 Å². The first-order valence-electron chi connectivity index (χ1n) is 6.47. The van der Waals surface area contributed by atoms with Crippen LogP contribution in [0.15, 0.2) is 48.7 Å². The van der Waals surface area contributed by atoms with Gasteiger partial charge in [0.05, 0.1) is 0 Å². The van der Waals surface area contributed by atoms with Crippen LogP contribution in [0.5, 0.6) is 0 Å². The van der Waals surface area contributed by atoms with E-state index in [0.29, 0.717) is 0 Å². The van der Waals surface area contributed by atoms with Gasteiger partial charge in [0, 0.05) is 43.8 Å². The van der Waals surface area contributed by atoms with E-state index in [-0.39, 0.29) is 0 Å². The van der Waals surface area contributed by atoms with Crippen LogP contribution in [0.3, 0.4) is 0 Å². The molecule has 0 radical (unpaired) electrons. The van der Waals surface area contributed by atoms with Crippen molar-refractivity contribution in [3.05, 3.63) is 48.7 Å². The molecule has 0 aliphatic heterocycles. The molecule has 4 heteroatoms. The van der Waals surface area contributed by atoms with Crippen LogP contribution >= 0.6 is 0 Å². The van der Waals surface area contributed by atoms with Crippen LogP contribution in [0.2, 0.25) is 0 Å². The Kier molecular flexibility index (Phi) is 4.61. The number of pyridine rings is 1. The maximum Gasteiger partial charge on any atom is 0.127 e. The van der Waals surface area contributed by atoms with Gasteiger partial charge in [0.15, 0.2) is 0 Å². The Morgan fingerprint density at radius 2 is 2.00 bits per heavy atom. The standard InChI is InChI=1S/C15H20N4/c1-19(14-6-3-2-4-7-14)11-5-9-17-15-12-13(16)8-10-18-15/h2-4,6-8,10,12H,5,9,11H2,1H3,(H3,16,17,18). The minimum atomic E-state index is 0.735. The van der Waals surface area contributed by atoms with Crippen LogP contribution in [0.1, 0.15) is 6.42 Å². The molecule has 0 aliphatic carbocycles. The minimum absolute atomic E-state index is 0.735. The first-order valence-corrected chi connectivity index (χ1v) is 6.47. The number of rotatable bonds is 6. The highest BCUT2D eigenvalue weighted by molar-refractivity contribution is 5.48. The van der Waals surface area contributed by atoms with E-state index in [1.54, 1.807) is 12.3 Å². The number of nitrogen functional groups attached to an aromatic ring is 1. The fourth-order valence-corrected chi connectivity index (χ4v) is 1.89. The van der Waals surface area contributed by atoms with Gasteiger partial charge < -0.3 is 16.0 Å². The smallest absolute Gasteiger partial charge is 0.127 e. The molecule has 0 amide bonds. The maximum atomic E-state index is 5.70. The number of hydrogen-bond acceptors (Lipinski definition) is 4. The highest BCUT2D eigenvalue weighted by Crippen LogP contribution is 2.11. The second-order valence-corrected chi connectivity index (χ2v) is 4.51. The molecule has 1 aromatic carbocycles. The quantitative estimate of drug-likeness (QED) is 0.780. The van der Waals surface area contributed by atoms with Crippen LogP contribution in [-0.2, 0) is 0 Å². The van der Waals surface area contributed by atoms with Crippen molar-refractivity contribution in [2.75, 3.05) is 36.1 Å². The lowest BCUT2D eigenvalue weighted by molar-refractivity contribution is 0.814. The predicted octanol–water partition coefficient (Wildman–Crippen LogP) is 2.60. The molecule has 2 rings (SSSR count).